The highest BCUT2D eigenvalue weighted by molar-refractivity contribution is 5.82. The quantitative estimate of drug-likeness (QED) is 0.912. The van der Waals surface area contributed by atoms with Crippen LogP contribution in [0.1, 0.15) is 31.4 Å². The molecule has 1 saturated heterocycles. The standard InChI is InChI=1S/C16H19F2N3O/c1-10-9-19-4-2-14(10)16(22)21-15(3-5-20-21)11-6-12(17)8-13(18)7-11/h5-8,10,14-15,19H,2-4,9H2,1H3/t10-,14-,15?/m0/s1. The molecule has 0 saturated carbocycles. The first-order valence-electron chi connectivity index (χ1n) is 7.58. The fourth-order valence-electron chi connectivity index (χ4n) is 3.22. The van der Waals surface area contributed by atoms with E-state index in [-0.39, 0.29) is 17.7 Å². The Morgan fingerprint density at radius 3 is 2.73 bits per heavy atom. The maximum atomic E-state index is 13.4. The van der Waals surface area contributed by atoms with E-state index < -0.39 is 17.7 Å². The Bertz CT molecular complexity index is 585. The van der Waals surface area contributed by atoms with Gasteiger partial charge in [0.05, 0.1) is 6.04 Å². The zero-order valence-electron chi connectivity index (χ0n) is 12.4. The summed E-state index contributed by atoms with van der Waals surface area (Å²) >= 11 is 0. The summed E-state index contributed by atoms with van der Waals surface area (Å²) in [6.45, 7) is 3.64. The molecule has 0 aromatic heterocycles. The lowest BCUT2D eigenvalue weighted by molar-refractivity contribution is -0.139. The van der Waals surface area contributed by atoms with Crippen LogP contribution in [0, 0.1) is 23.5 Å². The smallest absolute Gasteiger partial charge is 0.246 e. The predicted molar refractivity (Wildman–Crippen MR) is 79.2 cm³/mol. The van der Waals surface area contributed by atoms with Gasteiger partial charge in [0.15, 0.2) is 0 Å². The van der Waals surface area contributed by atoms with Crippen LogP contribution in [0.5, 0.6) is 0 Å². The Morgan fingerprint density at radius 2 is 2.05 bits per heavy atom. The van der Waals surface area contributed by atoms with Crippen molar-refractivity contribution < 1.29 is 13.6 Å². The van der Waals surface area contributed by atoms with Crippen LogP contribution < -0.4 is 5.32 Å². The zero-order valence-corrected chi connectivity index (χ0v) is 12.4. The van der Waals surface area contributed by atoms with Crippen LogP contribution in [-0.4, -0.2) is 30.2 Å². The summed E-state index contributed by atoms with van der Waals surface area (Å²) in [6, 6.07) is 2.96. The summed E-state index contributed by atoms with van der Waals surface area (Å²) in [5.74, 6) is -1.20. The van der Waals surface area contributed by atoms with Gasteiger partial charge in [-0.05, 0) is 43.1 Å². The molecular formula is C16H19F2N3O. The highest BCUT2D eigenvalue weighted by Crippen LogP contribution is 2.33. The first-order valence-corrected chi connectivity index (χ1v) is 7.58. The number of halogens is 2. The maximum absolute atomic E-state index is 13.4. The second-order valence-corrected chi connectivity index (χ2v) is 6.01. The molecule has 0 spiro atoms. The van der Waals surface area contributed by atoms with Crippen molar-refractivity contribution in [1.29, 1.82) is 0 Å². The minimum Gasteiger partial charge on any atom is -0.316 e. The molecule has 0 bridgehead atoms. The molecule has 2 aliphatic heterocycles. The molecule has 2 heterocycles. The molecule has 2 aliphatic rings. The van der Waals surface area contributed by atoms with Gasteiger partial charge in [0.25, 0.3) is 0 Å². The Balaban J connectivity index is 1.83. The summed E-state index contributed by atoms with van der Waals surface area (Å²) < 4.78 is 26.9. The number of nitrogens with one attached hydrogen (secondary N) is 1. The molecule has 118 valence electrons. The summed E-state index contributed by atoms with van der Waals surface area (Å²) in [6.07, 6.45) is 2.88. The van der Waals surface area contributed by atoms with Crippen LogP contribution >= 0.6 is 0 Å². The molecule has 22 heavy (non-hydrogen) atoms. The lowest BCUT2D eigenvalue weighted by Gasteiger charge is -2.32. The normalized spacial score (nSPS) is 28.1. The van der Waals surface area contributed by atoms with E-state index >= 15 is 0 Å². The number of carbonyl (C=O) groups excluding carboxylic acids is 1. The number of hydrogen-bond donors (Lipinski definition) is 1. The van der Waals surface area contributed by atoms with E-state index in [1.807, 2.05) is 6.92 Å². The van der Waals surface area contributed by atoms with Crippen LogP contribution in [0.2, 0.25) is 0 Å². The van der Waals surface area contributed by atoms with Crippen molar-refractivity contribution in [3.63, 3.8) is 0 Å². The van der Waals surface area contributed by atoms with Gasteiger partial charge in [-0.1, -0.05) is 6.92 Å². The number of amides is 1. The van der Waals surface area contributed by atoms with E-state index in [2.05, 4.69) is 10.4 Å². The van der Waals surface area contributed by atoms with Gasteiger partial charge in [-0.3, -0.25) is 4.79 Å². The van der Waals surface area contributed by atoms with Gasteiger partial charge in [0.1, 0.15) is 11.6 Å². The third-order valence-corrected chi connectivity index (χ3v) is 4.43. The number of hydrazone groups is 1. The van der Waals surface area contributed by atoms with E-state index in [4.69, 9.17) is 0 Å². The maximum Gasteiger partial charge on any atom is 0.246 e. The van der Waals surface area contributed by atoms with Gasteiger partial charge in [-0.15, -0.1) is 0 Å². The second kappa shape index (κ2) is 6.12. The van der Waals surface area contributed by atoms with Crippen molar-refractivity contribution in [3.8, 4) is 0 Å². The molecule has 1 N–H and O–H groups in total. The molecule has 3 atom stereocenters. The zero-order chi connectivity index (χ0) is 15.7. The van der Waals surface area contributed by atoms with Crippen LogP contribution in [0.4, 0.5) is 8.78 Å². The van der Waals surface area contributed by atoms with Gasteiger partial charge in [0, 0.05) is 24.6 Å². The molecule has 0 radical (unpaired) electrons. The van der Waals surface area contributed by atoms with E-state index in [9.17, 15) is 13.6 Å². The Hall–Kier alpha value is -1.82. The topological polar surface area (TPSA) is 44.7 Å². The predicted octanol–water partition coefficient (Wildman–Crippen LogP) is 2.47. The molecule has 0 aliphatic carbocycles. The van der Waals surface area contributed by atoms with Gasteiger partial charge >= 0.3 is 0 Å². The number of rotatable bonds is 2. The average molecular weight is 307 g/mol. The first-order chi connectivity index (χ1) is 10.6. The van der Waals surface area contributed by atoms with Gasteiger partial charge < -0.3 is 5.32 Å². The average Bonchev–Trinajstić information content (AvgIpc) is 2.95. The van der Waals surface area contributed by atoms with Crippen molar-refractivity contribution in [3.05, 3.63) is 35.4 Å². The van der Waals surface area contributed by atoms with Gasteiger partial charge in [-0.25, -0.2) is 13.8 Å². The Labute approximate surface area is 128 Å². The van der Waals surface area contributed by atoms with Gasteiger partial charge in [-0.2, -0.15) is 5.10 Å². The summed E-state index contributed by atoms with van der Waals surface area (Å²) in [5.41, 5.74) is 0.449. The number of benzene rings is 1. The van der Waals surface area contributed by atoms with Gasteiger partial charge in [0.2, 0.25) is 5.91 Å². The number of carbonyl (C=O) groups is 1. The molecule has 4 nitrogen and oxygen atoms in total. The molecular weight excluding hydrogens is 288 g/mol. The molecule has 1 fully saturated rings. The summed E-state index contributed by atoms with van der Waals surface area (Å²) in [4.78, 5) is 12.8. The van der Waals surface area contributed by atoms with Crippen LogP contribution in [0.15, 0.2) is 23.3 Å². The molecule has 1 amide bonds. The summed E-state index contributed by atoms with van der Waals surface area (Å²) in [5, 5.41) is 8.82. The fourth-order valence-corrected chi connectivity index (χ4v) is 3.22. The largest absolute Gasteiger partial charge is 0.316 e. The molecule has 3 rings (SSSR count). The van der Waals surface area contributed by atoms with E-state index in [1.165, 1.54) is 17.1 Å². The molecule has 1 aromatic rings. The van der Waals surface area contributed by atoms with Crippen LogP contribution in [-0.2, 0) is 4.79 Å². The lowest BCUT2D eigenvalue weighted by atomic mass is 9.86. The lowest BCUT2D eigenvalue weighted by Crippen LogP contribution is -2.43. The van der Waals surface area contributed by atoms with Crippen LogP contribution in [0.25, 0.3) is 0 Å². The first kappa shape index (κ1) is 15.1. The second-order valence-electron chi connectivity index (χ2n) is 6.01. The SMILES string of the molecule is C[C@H]1CNCC[C@@H]1C(=O)N1N=CCC1c1cc(F)cc(F)c1. The third kappa shape index (κ3) is 2.88. The fraction of sp³-hybridized carbons (Fsp3) is 0.500. The van der Waals surface area contributed by atoms with Crippen LogP contribution in [0.3, 0.4) is 0 Å². The minimum atomic E-state index is -0.635. The van der Waals surface area contributed by atoms with Crippen molar-refractivity contribution in [2.75, 3.05) is 13.1 Å². The van der Waals surface area contributed by atoms with Crippen molar-refractivity contribution in [2.24, 2.45) is 16.9 Å². The monoisotopic (exact) mass is 307 g/mol. The Kier molecular flexibility index (Phi) is 4.20. The molecule has 1 unspecified atom stereocenters. The third-order valence-electron chi connectivity index (χ3n) is 4.43. The highest BCUT2D eigenvalue weighted by atomic mass is 19.1. The molecule has 1 aromatic carbocycles. The Morgan fingerprint density at radius 1 is 1.32 bits per heavy atom. The van der Waals surface area contributed by atoms with Crippen molar-refractivity contribution in [2.45, 2.75) is 25.8 Å². The van der Waals surface area contributed by atoms with E-state index in [0.717, 1.165) is 25.6 Å². The number of piperidine rings is 1. The molecule has 6 heteroatoms. The van der Waals surface area contributed by atoms with E-state index in [1.54, 1.807) is 6.21 Å². The number of hydrogen-bond acceptors (Lipinski definition) is 3. The van der Waals surface area contributed by atoms with Crippen molar-refractivity contribution >= 4 is 12.1 Å². The summed E-state index contributed by atoms with van der Waals surface area (Å²) in [7, 11) is 0. The minimum absolute atomic E-state index is 0.0579. The number of nitrogens with zero attached hydrogens (tertiary/aromatic N) is 2. The highest BCUT2D eigenvalue weighted by Gasteiger charge is 2.36. The van der Waals surface area contributed by atoms with Crippen molar-refractivity contribution in [1.82, 2.24) is 10.3 Å². The van der Waals surface area contributed by atoms with E-state index in [0.29, 0.717) is 12.0 Å².